The summed E-state index contributed by atoms with van der Waals surface area (Å²) >= 11 is 0. The second-order valence-electron chi connectivity index (χ2n) is 4.84. The highest BCUT2D eigenvalue weighted by Crippen LogP contribution is 2.17. The molecule has 0 atom stereocenters. The van der Waals surface area contributed by atoms with Crippen LogP contribution < -0.4 is 4.72 Å². The van der Waals surface area contributed by atoms with Crippen molar-refractivity contribution in [1.29, 1.82) is 0 Å². The second kappa shape index (κ2) is 6.15. The van der Waals surface area contributed by atoms with Crippen LogP contribution in [0.2, 0.25) is 0 Å². The molecule has 0 aromatic heterocycles. The summed E-state index contributed by atoms with van der Waals surface area (Å²) < 4.78 is 39.7. The number of carbonyl (C=O) groups is 1. The molecule has 2 aromatic carbocycles. The monoisotopic (exact) mass is 322 g/mol. The van der Waals surface area contributed by atoms with Crippen molar-refractivity contribution in [2.24, 2.45) is 0 Å². The predicted octanol–water partition coefficient (Wildman–Crippen LogP) is 2.33. The van der Waals surface area contributed by atoms with Gasteiger partial charge in [-0.3, -0.25) is 9.52 Å². The molecular weight excluding hydrogens is 307 g/mol. The van der Waals surface area contributed by atoms with Crippen molar-refractivity contribution >= 4 is 21.6 Å². The molecule has 0 aliphatic carbocycles. The molecule has 0 saturated heterocycles. The average molecular weight is 322 g/mol. The van der Waals surface area contributed by atoms with Gasteiger partial charge in [0.1, 0.15) is 5.82 Å². The van der Waals surface area contributed by atoms with Gasteiger partial charge in [-0.05, 0) is 42.5 Å². The number of amides is 1. The number of carbonyl (C=O) groups excluding carboxylic acids is 1. The summed E-state index contributed by atoms with van der Waals surface area (Å²) in [6.07, 6.45) is 0. The molecule has 1 N–H and O–H groups in total. The number of hydrogen-bond donors (Lipinski definition) is 1. The van der Waals surface area contributed by atoms with Crippen molar-refractivity contribution in [1.82, 2.24) is 4.90 Å². The first-order chi connectivity index (χ1) is 10.3. The van der Waals surface area contributed by atoms with Gasteiger partial charge in [0.15, 0.2) is 0 Å². The Labute approximate surface area is 128 Å². The van der Waals surface area contributed by atoms with Crippen LogP contribution >= 0.6 is 0 Å². The first-order valence-corrected chi connectivity index (χ1v) is 7.88. The lowest BCUT2D eigenvalue weighted by Gasteiger charge is -2.11. The van der Waals surface area contributed by atoms with Gasteiger partial charge in [-0.1, -0.05) is 6.07 Å². The Morgan fingerprint density at radius 2 is 1.73 bits per heavy atom. The smallest absolute Gasteiger partial charge is 0.261 e. The van der Waals surface area contributed by atoms with Crippen LogP contribution in [0.25, 0.3) is 0 Å². The number of hydrogen-bond acceptors (Lipinski definition) is 3. The van der Waals surface area contributed by atoms with Gasteiger partial charge in [0, 0.05) is 25.3 Å². The predicted molar refractivity (Wildman–Crippen MR) is 81.7 cm³/mol. The molecule has 2 rings (SSSR count). The van der Waals surface area contributed by atoms with Crippen molar-refractivity contribution in [3.8, 4) is 0 Å². The number of anilines is 1. The minimum atomic E-state index is -3.87. The third-order valence-electron chi connectivity index (χ3n) is 2.90. The van der Waals surface area contributed by atoms with Crippen LogP contribution in [0.5, 0.6) is 0 Å². The minimum absolute atomic E-state index is 0.166. The lowest BCUT2D eigenvalue weighted by atomic mass is 10.2. The largest absolute Gasteiger partial charge is 0.345 e. The number of sulfonamides is 1. The summed E-state index contributed by atoms with van der Waals surface area (Å²) in [5, 5.41) is 0. The van der Waals surface area contributed by atoms with Crippen LogP contribution in [0.3, 0.4) is 0 Å². The maximum absolute atomic E-state index is 13.1. The highest BCUT2D eigenvalue weighted by Gasteiger charge is 2.15. The fraction of sp³-hybridized carbons (Fsp3) is 0.133. The Bertz CT molecular complexity index is 787. The van der Waals surface area contributed by atoms with E-state index in [1.165, 1.54) is 47.4 Å². The number of halogens is 1. The molecule has 2 aromatic rings. The van der Waals surface area contributed by atoms with E-state index in [-0.39, 0.29) is 10.8 Å². The van der Waals surface area contributed by atoms with Crippen molar-refractivity contribution < 1.29 is 17.6 Å². The molecule has 0 spiro atoms. The van der Waals surface area contributed by atoms with E-state index in [9.17, 15) is 17.6 Å². The van der Waals surface area contributed by atoms with E-state index in [2.05, 4.69) is 4.72 Å². The fourth-order valence-electron chi connectivity index (χ4n) is 1.79. The molecule has 5 nitrogen and oxygen atoms in total. The van der Waals surface area contributed by atoms with E-state index in [0.717, 1.165) is 6.07 Å². The molecule has 7 heteroatoms. The van der Waals surface area contributed by atoms with E-state index in [1.54, 1.807) is 14.1 Å². The summed E-state index contributed by atoms with van der Waals surface area (Å²) in [4.78, 5) is 13.0. The molecule has 0 saturated carbocycles. The SMILES string of the molecule is CN(C)C(=O)c1ccc(NS(=O)(=O)c2cccc(F)c2)cc1. The molecule has 0 bridgehead atoms. The summed E-state index contributed by atoms with van der Waals surface area (Å²) in [5.74, 6) is -0.811. The molecule has 0 fully saturated rings. The Morgan fingerprint density at radius 1 is 1.09 bits per heavy atom. The number of benzene rings is 2. The lowest BCUT2D eigenvalue weighted by Crippen LogP contribution is -2.21. The molecule has 116 valence electrons. The molecule has 22 heavy (non-hydrogen) atoms. The molecular formula is C15H15FN2O3S. The Kier molecular flexibility index (Phi) is 4.46. The third kappa shape index (κ3) is 3.62. The minimum Gasteiger partial charge on any atom is -0.345 e. The highest BCUT2D eigenvalue weighted by atomic mass is 32.2. The molecule has 0 radical (unpaired) electrons. The highest BCUT2D eigenvalue weighted by molar-refractivity contribution is 7.92. The summed E-state index contributed by atoms with van der Waals surface area (Å²) in [7, 11) is -0.615. The zero-order valence-corrected chi connectivity index (χ0v) is 12.9. The topological polar surface area (TPSA) is 66.5 Å². The van der Waals surface area contributed by atoms with Gasteiger partial charge < -0.3 is 4.90 Å². The number of rotatable bonds is 4. The second-order valence-corrected chi connectivity index (χ2v) is 6.52. The van der Waals surface area contributed by atoms with Crippen LogP contribution in [-0.4, -0.2) is 33.3 Å². The van der Waals surface area contributed by atoms with E-state index >= 15 is 0 Å². The van der Waals surface area contributed by atoms with Crippen molar-refractivity contribution in [3.63, 3.8) is 0 Å². The Hall–Kier alpha value is -2.41. The first-order valence-electron chi connectivity index (χ1n) is 6.40. The van der Waals surface area contributed by atoms with E-state index < -0.39 is 15.8 Å². The molecule has 0 unspecified atom stereocenters. The molecule has 0 aliphatic rings. The van der Waals surface area contributed by atoms with E-state index in [0.29, 0.717) is 11.3 Å². The summed E-state index contributed by atoms with van der Waals surface area (Å²) in [6.45, 7) is 0. The third-order valence-corrected chi connectivity index (χ3v) is 4.28. The van der Waals surface area contributed by atoms with Crippen molar-refractivity contribution in [2.45, 2.75) is 4.90 Å². The Balaban J connectivity index is 2.22. The fourth-order valence-corrected chi connectivity index (χ4v) is 2.88. The zero-order chi connectivity index (χ0) is 16.3. The standard InChI is InChI=1S/C15H15FN2O3S/c1-18(2)15(19)11-6-8-13(9-7-11)17-22(20,21)14-5-3-4-12(16)10-14/h3-10,17H,1-2H3. The lowest BCUT2D eigenvalue weighted by molar-refractivity contribution is 0.0827. The number of nitrogens with zero attached hydrogens (tertiary/aromatic N) is 1. The molecule has 0 aliphatic heterocycles. The average Bonchev–Trinajstić information content (AvgIpc) is 2.47. The van der Waals surface area contributed by atoms with E-state index in [4.69, 9.17) is 0 Å². The number of nitrogens with one attached hydrogen (secondary N) is 1. The van der Waals surface area contributed by atoms with Crippen LogP contribution in [0.1, 0.15) is 10.4 Å². The van der Waals surface area contributed by atoms with Gasteiger partial charge in [-0.2, -0.15) is 0 Å². The van der Waals surface area contributed by atoms with Gasteiger partial charge >= 0.3 is 0 Å². The van der Waals surface area contributed by atoms with Gasteiger partial charge in [0.05, 0.1) is 4.90 Å². The van der Waals surface area contributed by atoms with Gasteiger partial charge in [-0.15, -0.1) is 0 Å². The van der Waals surface area contributed by atoms with Gasteiger partial charge in [-0.25, -0.2) is 12.8 Å². The summed E-state index contributed by atoms with van der Waals surface area (Å²) in [5.41, 5.74) is 0.735. The summed E-state index contributed by atoms with van der Waals surface area (Å²) in [6, 6.07) is 10.7. The Morgan fingerprint density at radius 3 is 2.27 bits per heavy atom. The van der Waals surface area contributed by atoms with Crippen LogP contribution in [0.4, 0.5) is 10.1 Å². The molecule has 0 heterocycles. The van der Waals surface area contributed by atoms with E-state index in [1.807, 2.05) is 0 Å². The first kappa shape index (κ1) is 16.0. The maximum Gasteiger partial charge on any atom is 0.261 e. The zero-order valence-electron chi connectivity index (χ0n) is 12.1. The normalized spacial score (nSPS) is 11.0. The van der Waals surface area contributed by atoms with Crippen LogP contribution in [-0.2, 0) is 10.0 Å². The molecule has 1 amide bonds. The van der Waals surface area contributed by atoms with Crippen molar-refractivity contribution in [3.05, 3.63) is 59.9 Å². The maximum atomic E-state index is 13.1. The van der Waals surface area contributed by atoms with Crippen molar-refractivity contribution in [2.75, 3.05) is 18.8 Å². The van der Waals surface area contributed by atoms with Gasteiger partial charge in [0.2, 0.25) is 0 Å². The van der Waals surface area contributed by atoms with Crippen LogP contribution in [0.15, 0.2) is 53.4 Å². The van der Waals surface area contributed by atoms with Gasteiger partial charge in [0.25, 0.3) is 15.9 Å². The van der Waals surface area contributed by atoms with Crippen LogP contribution in [0, 0.1) is 5.82 Å². The quantitative estimate of drug-likeness (QED) is 0.939.